The van der Waals surface area contributed by atoms with Crippen LogP contribution >= 0.6 is 0 Å². The van der Waals surface area contributed by atoms with Crippen LogP contribution < -0.4 is 5.32 Å². The van der Waals surface area contributed by atoms with E-state index in [1.165, 1.54) is 32.1 Å². The minimum Gasteiger partial charge on any atom is -0.333 e. The number of hydrogen-bond acceptors (Lipinski definition) is 2. The van der Waals surface area contributed by atoms with Gasteiger partial charge in [-0.15, -0.1) is 0 Å². The predicted octanol–water partition coefficient (Wildman–Crippen LogP) is 3.00. The van der Waals surface area contributed by atoms with E-state index in [2.05, 4.69) is 34.9 Å². The second kappa shape index (κ2) is 5.04. The number of imidazole rings is 1. The van der Waals surface area contributed by atoms with Gasteiger partial charge in [0, 0.05) is 30.5 Å². The molecule has 100 valence electrons. The molecule has 0 spiro atoms. The van der Waals surface area contributed by atoms with Gasteiger partial charge in [0.25, 0.3) is 0 Å². The van der Waals surface area contributed by atoms with Crippen molar-refractivity contribution in [2.45, 2.75) is 64.1 Å². The van der Waals surface area contributed by atoms with E-state index < -0.39 is 0 Å². The summed E-state index contributed by atoms with van der Waals surface area (Å²) < 4.78 is 2.29. The average Bonchev–Trinajstić information content (AvgIpc) is 2.92. The van der Waals surface area contributed by atoms with E-state index in [0.29, 0.717) is 12.1 Å². The van der Waals surface area contributed by atoms with Gasteiger partial charge in [-0.2, -0.15) is 0 Å². The molecule has 1 aromatic heterocycles. The fourth-order valence-electron chi connectivity index (χ4n) is 3.60. The van der Waals surface area contributed by atoms with Gasteiger partial charge in [0.15, 0.2) is 0 Å². The molecule has 1 heterocycles. The Bertz CT molecular complexity index is 365. The van der Waals surface area contributed by atoms with E-state index in [1.807, 2.05) is 12.5 Å². The minimum atomic E-state index is 0.630. The molecule has 3 rings (SSSR count). The summed E-state index contributed by atoms with van der Waals surface area (Å²) in [5.74, 6) is 1.81. The average molecular weight is 247 g/mol. The van der Waals surface area contributed by atoms with Gasteiger partial charge in [-0.05, 0) is 43.9 Å². The molecule has 0 amide bonds. The molecule has 1 N–H and O–H groups in total. The molecule has 2 aliphatic rings. The van der Waals surface area contributed by atoms with Crippen molar-refractivity contribution in [1.82, 2.24) is 14.9 Å². The Labute approximate surface area is 110 Å². The molecule has 1 aromatic rings. The molecular weight excluding hydrogens is 222 g/mol. The monoisotopic (exact) mass is 247 g/mol. The first-order valence-corrected chi connectivity index (χ1v) is 7.47. The van der Waals surface area contributed by atoms with Crippen molar-refractivity contribution in [3.63, 3.8) is 0 Å². The molecule has 0 bridgehead atoms. The lowest BCUT2D eigenvalue weighted by molar-refractivity contribution is 0.150. The Balaban J connectivity index is 1.54. The van der Waals surface area contributed by atoms with Crippen LogP contribution in [0.1, 0.15) is 52.0 Å². The molecule has 0 aliphatic heterocycles. The zero-order valence-corrected chi connectivity index (χ0v) is 11.5. The van der Waals surface area contributed by atoms with Crippen molar-refractivity contribution in [3.05, 3.63) is 18.7 Å². The highest BCUT2D eigenvalue weighted by Crippen LogP contribution is 2.37. The van der Waals surface area contributed by atoms with Crippen LogP contribution in [-0.4, -0.2) is 21.6 Å². The molecule has 2 unspecified atom stereocenters. The van der Waals surface area contributed by atoms with Crippen molar-refractivity contribution in [2.75, 3.05) is 0 Å². The van der Waals surface area contributed by atoms with Gasteiger partial charge in [-0.3, -0.25) is 0 Å². The summed E-state index contributed by atoms with van der Waals surface area (Å²) in [6.45, 7) is 4.70. The summed E-state index contributed by atoms with van der Waals surface area (Å²) in [7, 11) is 0. The van der Waals surface area contributed by atoms with Crippen molar-refractivity contribution in [2.24, 2.45) is 11.8 Å². The normalized spacial score (nSPS) is 35.9. The highest BCUT2D eigenvalue weighted by atomic mass is 15.1. The molecule has 2 fully saturated rings. The number of rotatable bonds is 4. The largest absolute Gasteiger partial charge is 0.333 e. The number of aromatic nitrogens is 2. The molecule has 0 aromatic carbocycles. The van der Waals surface area contributed by atoms with E-state index in [1.54, 1.807) is 0 Å². The first-order chi connectivity index (χ1) is 8.74. The highest BCUT2D eigenvalue weighted by Gasteiger charge is 2.36. The molecule has 2 atom stereocenters. The lowest BCUT2D eigenvalue weighted by Gasteiger charge is -2.41. The maximum atomic E-state index is 4.18. The SMILES string of the molecule is CC(C)C1CC(NC2CCCC2n2ccnc2)C1. The predicted molar refractivity (Wildman–Crippen MR) is 73.4 cm³/mol. The number of nitrogens with one attached hydrogen (secondary N) is 1. The van der Waals surface area contributed by atoms with E-state index in [4.69, 9.17) is 0 Å². The maximum Gasteiger partial charge on any atom is 0.0949 e. The topological polar surface area (TPSA) is 29.9 Å². The summed E-state index contributed by atoms with van der Waals surface area (Å²) in [5.41, 5.74) is 0. The zero-order chi connectivity index (χ0) is 12.5. The van der Waals surface area contributed by atoms with E-state index >= 15 is 0 Å². The Kier molecular flexibility index (Phi) is 3.42. The fraction of sp³-hybridized carbons (Fsp3) is 0.800. The standard InChI is InChI=1S/C15H25N3/c1-11(2)12-8-13(9-12)17-14-4-3-5-15(14)18-7-6-16-10-18/h6-7,10-15,17H,3-5,8-9H2,1-2H3. The molecule has 18 heavy (non-hydrogen) atoms. The second-order valence-corrected chi connectivity index (χ2v) is 6.45. The van der Waals surface area contributed by atoms with Gasteiger partial charge in [0.05, 0.1) is 6.33 Å². The Hall–Kier alpha value is -0.830. The summed E-state index contributed by atoms with van der Waals surface area (Å²) in [6.07, 6.45) is 12.7. The van der Waals surface area contributed by atoms with Crippen LogP contribution in [0.25, 0.3) is 0 Å². The van der Waals surface area contributed by atoms with Gasteiger partial charge in [-0.25, -0.2) is 4.98 Å². The molecule has 0 radical (unpaired) electrons. The third-order valence-electron chi connectivity index (χ3n) is 4.95. The summed E-state index contributed by atoms with van der Waals surface area (Å²) in [5, 5.41) is 3.89. The number of nitrogens with zero attached hydrogens (tertiary/aromatic N) is 2. The third-order valence-corrected chi connectivity index (χ3v) is 4.95. The van der Waals surface area contributed by atoms with E-state index in [9.17, 15) is 0 Å². The van der Waals surface area contributed by atoms with Crippen LogP contribution in [0.4, 0.5) is 0 Å². The highest BCUT2D eigenvalue weighted by molar-refractivity contribution is 4.96. The molecule has 2 aliphatic carbocycles. The van der Waals surface area contributed by atoms with Crippen molar-refractivity contribution >= 4 is 0 Å². The van der Waals surface area contributed by atoms with Crippen LogP contribution in [0.15, 0.2) is 18.7 Å². The molecule has 3 nitrogen and oxygen atoms in total. The smallest absolute Gasteiger partial charge is 0.0949 e. The van der Waals surface area contributed by atoms with Gasteiger partial charge in [0.2, 0.25) is 0 Å². The van der Waals surface area contributed by atoms with Crippen LogP contribution in [0.2, 0.25) is 0 Å². The van der Waals surface area contributed by atoms with Gasteiger partial charge < -0.3 is 9.88 Å². The van der Waals surface area contributed by atoms with Crippen LogP contribution in [-0.2, 0) is 0 Å². The Morgan fingerprint density at radius 3 is 2.78 bits per heavy atom. The third kappa shape index (κ3) is 2.33. The van der Waals surface area contributed by atoms with Crippen LogP contribution in [0.3, 0.4) is 0 Å². The van der Waals surface area contributed by atoms with Gasteiger partial charge in [-0.1, -0.05) is 13.8 Å². The zero-order valence-electron chi connectivity index (χ0n) is 11.5. The fourth-order valence-corrected chi connectivity index (χ4v) is 3.60. The van der Waals surface area contributed by atoms with Crippen LogP contribution in [0, 0.1) is 11.8 Å². The lowest BCUT2D eigenvalue weighted by Crippen LogP contribution is -2.48. The van der Waals surface area contributed by atoms with Crippen molar-refractivity contribution in [3.8, 4) is 0 Å². The second-order valence-electron chi connectivity index (χ2n) is 6.45. The van der Waals surface area contributed by atoms with Gasteiger partial charge in [0.1, 0.15) is 0 Å². The first-order valence-electron chi connectivity index (χ1n) is 7.47. The van der Waals surface area contributed by atoms with E-state index in [-0.39, 0.29) is 0 Å². The molecule has 3 heteroatoms. The summed E-state index contributed by atoms with van der Waals surface area (Å²) >= 11 is 0. The minimum absolute atomic E-state index is 0.630. The molecular formula is C15H25N3. The van der Waals surface area contributed by atoms with Crippen molar-refractivity contribution < 1.29 is 0 Å². The lowest BCUT2D eigenvalue weighted by atomic mass is 9.73. The first kappa shape index (κ1) is 12.2. The number of hydrogen-bond donors (Lipinski definition) is 1. The van der Waals surface area contributed by atoms with Crippen molar-refractivity contribution in [1.29, 1.82) is 0 Å². The summed E-state index contributed by atoms with van der Waals surface area (Å²) in [6, 6.07) is 2.06. The maximum absolute atomic E-state index is 4.18. The Morgan fingerprint density at radius 2 is 2.11 bits per heavy atom. The quantitative estimate of drug-likeness (QED) is 0.886. The van der Waals surface area contributed by atoms with E-state index in [0.717, 1.165) is 17.9 Å². The van der Waals surface area contributed by atoms with Gasteiger partial charge >= 0.3 is 0 Å². The summed E-state index contributed by atoms with van der Waals surface area (Å²) in [4.78, 5) is 4.18. The molecule has 2 saturated carbocycles. The molecule has 0 saturated heterocycles. The van der Waals surface area contributed by atoms with Crippen LogP contribution in [0.5, 0.6) is 0 Å². The Morgan fingerprint density at radius 1 is 1.28 bits per heavy atom.